The molecule has 0 bridgehead atoms. The summed E-state index contributed by atoms with van der Waals surface area (Å²) in [6, 6.07) is 8.37. The summed E-state index contributed by atoms with van der Waals surface area (Å²) in [5.74, 6) is 0.345. The van der Waals surface area contributed by atoms with Crippen LogP contribution in [0.4, 0.5) is 0 Å². The van der Waals surface area contributed by atoms with Crippen molar-refractivity contribution in [3.63, 3.8) is 0 Å². The lowest BCUT2D eigenvalue weighted by Gasteiger charge is -2.19. The van der Waals surface area contributed by atoms with Gasteiger partial charge in [-0.25, -0.2) is 0 Å². The number of rotatable bonds is 1. The van der Waals surface area contributed by atoms with E-state index in [1.807, 2.05) is 0 Å². The summed E-state index contributed by atoms with van der Waals surface area (Å²) in [5, 5.41) is 12.8. The molecule has 3 rings (SSSR count). The van der Waals surface area contributed by atoms with E-state index in [1.165, 1.54) is 16.2 Å². The van der Waals surface area contributed by atoms with Crippen LogP contribution in [-0.4, -0.2) is 10.9 Å². The minimum Gasteiger partial charge on any atom is -0.512 e. The van der Waals surface area contributed by atoms with Gasteiger partial charge >= 0.3 is 0 Å². The molecule has 1 heterocycles. The maximum Gasteiger partial charge on any atom is 0.159 e. The van der Waals surface area contributed by atoms with E-state index in [0.29, 0.717) is 12.8 Å². The van der Waals surface area contributed by atoms with Gasteiger partial charge in [-0.3, -0.25) is 4.79 Å². The van der Waals surface area contributed by atoms with E-state index in [4.69, 9.17) is 0 Å². The summed E-state index contributed by atoms with van der Waals surface area (Å²) in [6.45, 7) is 0. The number of thiophene rings is 1. The summed E-state index contributed by atoms with van der Waals surface area (Å²) in [4.78, 5) is 11.4. The topological polar surface area (TPSA) is 37.3 Å². The Kier molecular flexibility index (Phi) is 2.48. The lowest BCUT2D eigenvalue weighted by molar-refractivity contribution is -0.115. The molecule has 0 spiro atoms. The molecule has 3 heteroatoms. The van der Waals surface area contributed by atoms with Crippen LogP contribution in [0.2, 0.25) is 0 Å². The van der Waals surface area contributed by atoms with Crippen molar-refractivity contribution in [1.29, 1.82) is 0 Å². The van der Waals surface area contributed by atoms with Crippen LogP contribution < -0.4 is 0 Å². The molecule has 0 fully saturated rings. The third-order valence-corrected chi connectivity index (χ3v) is 4.08. The Morgan fingerprint density at radius 2 is 2.12 bits per heavy atom. The predicted molar refractivity (Wildman–Crippen MR) is 69.5 cm³/mol. The number of hydrogen-bond donors (Lipinski definition) is 1. The van der Waals surface area contributed by atoms with Gasteiger partial charge in [0.15, 0.2) is 5.78 Å². The van der Waals surface area contributed by atoms with Crippen molar-refractivity contribution in [1.82, 2.24) is 0 Å². The van der Waals surface area contributed by atoms with E-state index < -0.39 is 0 Å². The molecule has 0 saturated heterocycles. The molecule has 0 aliphatic heterocycles. The Bertz CT molecular complexity index is 609. The number of allylic oxidation sites excluding steroid dienone is 2. The second-order valence-corrected chi connectivity index (χ2v) is 5.37. The van der Waals surface area contributed by atoms with E-state index in [9.17, 15) is 9.90 Å². The fourth-order valence-corrected chi connectivity index (χ4v) is 3.12. The first-order valence-electron chi connectivity index (χ1n) is 5.62. The van der Waals surface area contributed by atoms with Gasteiger partial charge in [0.05, 0.1) is 5.76 Å². The molecular weight excluding hydrogens is 232 g/mol. The van der Waals surface area contributed by atoms with Crippen molar-refractivity contribution >= 4 is 27.2 Å². The van der Waals surface area contributed by atoms with Gasteiger partial charge in [-0.15, -0.1) is 11.3 Å². The summed E-state index contributed by atoms with van der Waals surface area (Å²) < 4.78 is 1.26. The highest BCUT2D eigenvalue weighted by atomic mass is 32.1. The van der Waals surface area contributed by atoms with E-state index in [-0.39, 0.29) is 17.5 Å². The number of ketones is 1. The van der Waals surface area contributed by atoms with E-state index >= 15 is 0 Å². The van der Waals surface area contributed by atoms with Gasteiger partial charge in [-0.05, 0) is 34.4 Å². The molecule has 1 atom stereocenters. The molecule has 1 aromatic carbocycles. The first-order valence-corrected chi connectivity index (χ1v) is 6.50. The number of carbonyl (C=O) groups excluding carboxylic acids is 1. The van der Waals surface area contributed by atoms with Crippen LogP contribution in [0, 0.1) is 0 Å². The average Bonchev–Trinajstić information content (AvgIpc) is 2.74. The smallest absolute Gasteiger partial charge is 0.159 e. The molecule has 17 heavy (non-hydrogen) atoms. The minimum atomic E-state index is 0.0177. The fourth-order valence-electron chi connectivity index (χ4n) is 2.35. The molecule has 0 amide bonds. The molecule has 86 valence electrons. The predicted octanol–water partition coefficient (Wildman–Crippen LogP) is 3.79. The number of aliphatic hydroxyl groups excluding tert-OH is 1. The van der Waals surface area contributed by atoms with Crippen LogP contribution in [0.25, 0.3) is 10.1 Å². The second kappa shape index (κ2) is 4.00. The van der Waals surface area contributed by atoms with Gasteiger partial charge in [-0.2, -0.15) is 0 Å². The molecule has 1 N–H and O–H groups in total. The summed E-state index contributed by atoms with van der Waals surface area (Å²) in [5.41, 5.74) is 1.14. The Hall–Kier alpha value is -1.61. The Balaban J connectivity index is 1.98. The molecule has 2 nitrogen and oxygen atoms in total. The normalized spacial score (nSPS) is 20.6. The van der Waals surface area contributed by atoms with Crippen molar-refractivity contribution in [2.45, 2.75) is 18.8 Å². The van der Waals surface area contributed by atoms with Gasteiger partial charge < -0.3 is 5.11 Å². The zero-order chi connectivity index (χ0) is 11.8. The van der Waals surface area contributed by atoms with Crippen LogP contribution >= 0.6 is 11.3 Å². The van der Waals surface area contributed by atoms with Crippen molar-refractivity contribution in [2.75, 3.05) is 0 Å². The van der Waals surface area contributed by atoms with Crippen LogP contribution in [0.5, 0.6) is 0 Å². The lowest BCUT2D eigenvalue weighted by atomic mass is 9.86. The maximum absolute atomic E-state index is 11.4. The number of hydrogen-bond acceptors (Lipinski definition) is 3. The summed E-state index contributed by atoms with van der Waals surface area (Å²) in [7, 11) is 0. The molecule has 0 saturated carbocycles. The monoisotopic (exact) mass is 244 g/mol. The highest BCUT2D eigenvalue weighted by Gasteiger charge is 2.22. The Morgan fingerprint density at radius 3 is 2.94 bits per heavy atom. The van der Waals surface area contributed by atoms with Crippen LogP contribution in [0.1, 0.15) is 24.3 Å². The summed E-state index contributed by atoms with van der Waals surface area (Å²) in [6.07, 6.45) is 2.42. The Labute approximate surface area is 103 Å². The highest BCUT2D eigenvalue weighted by Crippen LogP contribution is 2.33. The molecule has 1 aliphatic rings. The molecule has 2 aromatic rings. The molecule has 0 radical (unpaired) electrons. The van der Waals surface area contributed by atoms with Crippen molar-refractivity contribution in [3.8, 4) is 0 Å². The highest BCUT2D eigenvalue weighted by molar-refractivity contribution is 7.17. The molecule has 1 unspecified atom stereocenters. The second-order valence-electron chi connectivity index (χ2n) is 4.43. The SMILES string of the molecule is O=C1C=C(O)CC(c2ccc3sccc3c2)C1. The van der Waals surface area contributed by atoms with Crippen LogP contribution in [-0.2, 0) is 4.79 Å². The summed E-state index contributed by atoms with van der Waals surface area (Å²) >= 11 is 1.72. The largest absolute Gasteiger partial charge is 0.512 e. The van der Waals surface area contributed by atoms with Crippen molar-refractivity contribution in [2.24, 2.45) is 0 Å². The third kappa shape index (κ3) is 1.98. The standard InChI is InChI=1S/C14H12O2S/c15-12-6-11(7-13(16)8-12)9-1-2-14-10(5-9)3-4-17-14/h1-5,8,11,15H,6-7H2. The quantitative estimate of drug-likeness (QED) is 0.828. The zero-order valence-electron chi connectivity index (χ0n) is 9.22. The van der Waals surface area contributed by atoms with E-state index in [0.717, 1.165) is 5.56 Å². The minimum absolute atomic E-state index is 0.0177. The zero-order valence-corrected chi connectivity index (χ0v) is 10.0. The number of fused-ring (bicyclic) bond motifs is 1. The lowest BCUT2D eigenvalue weighted by Crippen LogP contribution is -2.12. The van der Waals surface area contributed by atoms with Gasteiger partial charge in [-0.1, -0.05) is 12.1 Å². The van der Waals surface area contributed by atoms with Gasteiger partial charge in [0, 0.05) is 23.6 Å². The van der Waals surface area contributed by atoms with Crippen LogP contribution in [0.3, 0.4) is 0 Å². The van der Waals surface area contributed by atoms with Crippen molar-refractivity contribution in [3.05, 3.63) is 47.0 Å². The van der Waals surface area contributed by atoms with Gasteiger partial charge in [0.25, 0.3) is 0 Å². The number of aliphatic hydroxyl groups is 1. The average molecular weight is 244 g/mol. The number of carbonyl (C=O) groups is 1. The first kappa shape index (κ1) is 10.5. The van der Waals surface area contributed by atoms with Gasteiger partial charge in [0.2, 0.25) is 0 Å². The van der Waals surface area contributed by atoms with E-state index in [2.05, 4.69) is 29.6 Å². The molecule has 1 aliphatic carbocycles. The van der Waals surface area contributed by atoms with E-state index in [1.54, 1.807) is 11.3 Å². The number of benzene rings is 1. The van der Waals surface area contributed by atoms with Gasteiger partial charge in [0.1, 0.15) is 0 Å². The molecular formula is C14H12O2S. The fraction of sp³-hybridized carbons (Fsp3) is 0.214. The van der Waals surface area contributed by atoms with Crippen molar-refractivity contribution < 1.29 is 9.90 Å². The third-order valence-electron chi connectivity index (χ3n) is 3.18. The maximum atomic E-state index is 11.4. The Morgan fingerprint density at radius 1 is 1.24 bits per heavy atom. The first-order chi connectivity index (χ1) is 8.22. The van der Waals surface area contributed by atoms with Crippen LogP contribution in [0.15, 0.2) is 41.5 Å². The molecule has 1 aromatic heterocycles.